The van der Waals surface area contributed by atoms with Gasteiger partial charge in [0.2, 0.25) is 5.91 Å². The number of benzene rings is 1. The Morgan fingerprint density at radius 3 is 2.52 bits per heavy atom. The third kappa shape index (κ3) is 6.12. The first-order valence-electron chi connectivity index (χ1n) is 7.13. The van der Waals surface area contributed by atoms with Crippen molar-refractivity contribution in [1.82, 2.24) is 10.2 Å². The summed E-state index contributed by atoms with van der Waals surface area (Å²) < 4.78 is 14.6. The van der Waals surface area contributed by atoms with Crippen LogP contribution in [0.5, 0.6) is 0 Å². The van der Waals surface area contributed by atoms with Crippen LogP contribution in [-0.2, 0) is 4.79 Å². The Morgan fingerprint density at radius 1 is 1.22 bits per heavy atom. The molecule has 2 aromatic rings. The van der Waals surface area contributed by atoms with E-state index in [4.69, 9.17) is 0 Å². The fourth-order valence-electron chi connectivity index (χ4n) is 1.52. The second-order valence-electron chi connectivity index (χ2n) is 5.29. The van der Waals surface area contributed by atoms with Crippen molar-refractivity contribution in [1.29, 1.82) is 0 Å². The normalized spacial score (nSPS) is 12.4. The summed E-state index contributed by atoms with van der Waals surface area (Å²) in [6, 6.07) is 5.71. The molecule has 1 aromatic carbocycles. The first-order valence-corrected chi connectivity index (χ1v) is 9.81. The zero-order valence-corrected chi connectivity index (χ0v) is 15.5. The fraction of sp³-hybridized carbons (Fsp3) is 0.400. The topological polar surface area (TPSA) is 54.9 Å². The number of anilines is 1. The Kier molecular flexibility index (Phi) is 6.86. The number of carbonyl (C=O) groups is 1. The Labute approximate surface area is 147 Å². The van der Waals surface area contributed by atoms with Crippen molar-refractivity contribution < 1.29 is 9.18 Å². The van der Waals surface area contributed by atoms with Crippen molar-refractivity contribution in [2.24, 2.45) is 5.92 Å². The largest absolute Gasteiger partial charge is 0.325 e. The number of thioether (sulfide) groups is 2. The van der Waals surface area contributed by atoms with E-state index in [2.05, 4.69) is 29.4 Å². The average Bonchev–Trinajstić information content (AvgIpc) is 2.95. The van der Waals surface area contributed by atoms with Gasteiger partial charge in [0.15, 0.2) is 8.68 Å². The maximum Gasteiger partial charge on any atom is 0.237 e. The number of nitrogens with one attached hydrogen (secondary N) is 1. The Balaban J connectivity index is 1.86. The molecule has 0 saturated heterocycles. The molecule has 0 fully saturated rings. The van der Waals surface area contributed by atoms with Crippen LogP contribution in [0.1, 0.15) is 20.8 Å². The number of amides is 1. The van der Waals surface area contributed by atoms with Gasteiger partial charge >= 0.3 is 0 Å². The molecule has 1 heterocycles. The number of hydrogen-bond acceptors (Lipinski definition) is 6. The minimum atomic E-state index is -0.328. The van der Waals surface area contributed by atoms with Gasteiger partial charge in [-0.25, -0.2) is 4.39 Å². The van der Waals surface area contributed by atoms with Gasteiger partial charge in [0.25, 0.3) is 0 Å². The van der Waals surface area contributed by atoms with Gasteiger partial charge < -0.3 is 5.32 Å². The summed E-state index contributed by atoms with van der Waals surface area (Å²) in [6.45, 7) is 6.13. The third-order valence-corrected chi connectivity index (χ3v) is 6.35. The lowest BCUT2D eigenvalue weighted by Gasteiger charge is -2.10. The van der Waals surface area contributed by atoms with Crippen molar-refractivity contribution in [3.05, 3.63) is 30.1 Å². The molecule has 0 bridgehead atoms. The number of hydrogen-bond donors (Lipinski definition) is 1. The molecule has 0 spiro atoms. The van der Waals surface area contributed by atoms with E-state index in [1.807, 2.05) is 6.92 Å². The van der Waals surface area contributed by atoms with Crippen LogP contribution in [0.4, 0.5) is 10.1 Å². The lowest BCUT2D eigenvalue weighted by molar-refractivity contribution is -0.115. The summed E-state index contributed by atoms with van der Waals surface area (Å²) in [4.78, 5) is 12.1. The molecule has 2 rings (SSSR count). The third-order valence-electron chi connectivity index (χ3n) is 2.69. The predicted molar refractivity (Wildman–Crippen MR) is 95.8 cm³/mol. The van der Waals surface area contributed by atoms with Crippen molar-refractivity contribution in [2.45, 2.75) is 34.7 Å². The zero-order chi connectivity index (χ0) is 16.8. The molecule has 1 amide bonds. The van der Waals surface area contributed by atoms with Gasteiger partial charge in [-0.1, -0.05) is 48.7 Å². The van der Waals surface area contributed by atoms with Crippen LogP contribution in [0.25, 0.3) is 0 Å². The molecule has 124 valence electrons. The van der Waals surface area contributed by atoms with Crippen LogP contribution in [0.3, 0.4) is 0 Å². The minimum absolute atomic E-state index is 0.145. The molecule has 0 aliphatic carbocycles. The van der Waals surface area contributed by atoms with E-state index >= 15 is 0 Å². The number of halogens is 1. The predicted octanol–water partition coefficient (Wildman–Crippen LogP) is 4.54. The van der Waals surface area contributed by atoms with Gasteiger partial charge in [0.1, 0.15) is 5.82 Å². The number of carbonyl (C=O) groups excluding carboxylic acids is 1. The molecule has 1 N–H and O–H groups in total. The smallest absolute Gasteiger partial charge is 0.237 e. The molecule has 0 radical (unpaired) electrons. The summed E-state index contributed by atoms with van der Waals surface area (Å²) >= 11 is 4.56. The Bertz CT molecular complexity index is 646. The summed E-state index contributed by atoms with van der Waals surface area (Å²) in [5.41, 5.74) is 0.578. The lowest BCUT2D eigenvalue weighted by atomic mass is 10.3. The molecule has 0 aliphatic heterocycles. The molecule has 0 unspecified atom stereocenters. The first kappa shape index (κ1) is 18.2. The Hall–Kier alpha value is -1.12. The van der Waals surface area contributed by atoms with Crippen molar-refractivity contribution >= 4 is 46.5 Å². The second-order valence-corrected chi connectivity index (χ2v) is 9.13. The maximum absolute atomic E-state index is 12.9. The average molecular weight is 372 g/mol. The number of aromatic nitrogens is 2. The molecular weight excluding hydrogens is 353 g/mol. The van der Waals surface area contributed by atoms with Crippen LogP contribution in [-0.4, -0.2) is 27.1 Å². The molecule has 23 heavy (non-hydrogen) atoms. The summed E-state index contributed by atoms with van der Waals surface area (Å²) in [5.74, 6) is 1.12. The molecule has 1 aromatic heterocycles. The van der Waals surface area contributed by atoms with E-state index in [1.54, 1.807) is 11.8 Å². The number of rotatable bonds is 7. The fourth-order valence-corrected chi connectivity index (χ4v) is 4.66. The standard InChI is InChI=1S/C15H18FN3OS3/c1-9(2)8-21-14-18-19-15(23-14)22-10(3)13(20)17-12-6-4-11(16)5-7-12/h4-7,9-10H,8H2,1-3H3,(H,17,20)/t10-/m1/s1. The van der Waals surface area contributed by atoms with E-state index in [9.17, 15) is 9.18 Å². The molecule has 0 aliphatic rings. The summed E-state index contributed by atoms with van der Waals surface area (Å²) in [7, 11) is 0. The van der Waals surface area contributed by atoms with Crippen LogP contribution in [0.2, 0.25) is 0 Å². The van der Waals surface area contributed by atoms with Crippen LogP contribution in [0, 0.1) is 11.7 Å². The first-order chi connectivity index (χ1) is 10.9. The minimum Gasteiger partial charge on any atom is -0.325 e. The van der Waals surface area contributed by atoms with Gasteiger partial charge in [-0.2, -0.15) is 0 Å². The summed E-state index contributed by atoms with van der Waals surface area (Å²) in [6.07, 6.45) is 0. The highest BCUT2D eigenvalue weighted by Crippen LogP contribution is 2.32. The number of nitrogens with zero attached hydrogens (tertiary/aromatic N) is 2. The molecule has 1 atom stereocenters. The highest BCUT2D eigenvalue weighted by atomic mass is 32.2. The second kappa shape index (κ2) is 8.65. The van der Waals surface area contributed by atoms with E-state index < -0.39 is 0 Å². The van der Waals surface area contributed by atoms with E-state index in [0.29, 0.717) is 11.6 Å². The molecule has 8 heteroatoms. The van der Waals surface area contributed by atoms with Crippen molar-refractivity contribution in [2.75, 3.05) is 11.1 Å². The van der Waals surface area contributed by atoms with Crippen LogP contribution < -0.4 is 5.32 Å². The quantitative estimate of drug-likeness (QED) is 0.724. The maximum atomic E-state index is 12.9. The van der Waals surface area contributed by atoms with Crippen molar-refractivity contribution in [3.63, 3.8) is 0 Å². The van der Waals surface area contributed by atoms with Crippen molar-refractivity contribution in [3.8, 4) is 0 Å². The van der Waals surface area contributed by atoms with Gasteiger partial charge in [0, 0.05) is 11.4 Å². The summed E-state index contributed by atoms with van der Waals surface area (Å²) in [5, 5.41) is 10.7. The monoisotopic (exact) mass is 371 g/mol. The van der Waals surface area contributed by atoms with E-state index in [1.165, 1.54) is 47.4 Å². The van der Waals surface area contributed by atoms with Crippen LogP contribution >= 0.6 is 34.9 Å². The zero-order valence-electron chi connectivity index (χ0n) is 13.1. The lowest BCUT2D eigenvalue weighted by Crippen LogP contribution is -2.22. The van der Waals surface area contributed by atoms with E-state index in [0.717, 1.165) is 14.4 Å². The molecule has 0 saturated carbocycles. The van der Waals surface area contributed by atoms with E-state index in [-0.39, 0.29) is 17.0 Å². The van der Waals surface area contributed by atoms with Crippen LogP contribution in [0.15, 0.2) is 32.9 Å². The van der Waals surface area contributed by atoms with Gasteiger partial charge in [-0.3, -0.25) is 4.79 Å². The highest BCUT2D eigenvalue weighted by molar-refractivity contribution is 8.03. The molecule has 4 nitrogen and oxygen atoms in total. The van der Waals surface area contributed by atoms with Gasteiger partial charge in [0.05, 0.1) is 5.25 Å². The van der Waals surface area contributed by atoms with Gasteiger partial charge in [-0.15, -0.1) is 10.2 Å². The highest BCUT2D eigenvalue weighted by Gasteiger charge is 2.17. The van der Waals surface area contributed by atoms with Gasteiger partial charge in [-0.05, 0) is 37.1 Å². The molecular formula is C15H18FN3OS3. The SMILES string of the molecule is CC(C)CSc1nnc(S[C@H](C)C(=O)Nc2ccc(F)cc2)s1. The Morgan fingerprint density at radius 2 is 1.87 bits per heavy atom.